The molecule has 0 saturated carbocycles. The molecular weight excluding hydrogens is 192 g/mol. The van der Waals surface area contributed by atoms with Crippen molar-refractivity contribution in [2.75, 3.05) is 18.5 Å². The SMILES string of the molecule is CN(CC(=O)NN)c1ccc(C#N)cc1. The molecule has 78 valence electrons. The summed E-state index contributed by atoms with van der Waals surface area (Å²) >= 11 is 0. The molecule has 0 spiro atoms. The molecular formula is C10H12N4O. The monoisotopic (exact) mass is 204 g/mol. The Morgan fingerprint density at radius 2 is 2.13 bits per heavy atom. The third-order valence-corrected chi connectivity index (χ3v) is 1.98. The molecule has 15 heavy (non-hydrogen) atoms. The lowest BCUT2D eigenvalue weighted by molar-refractivity contribution is -0.119. The van der Waals surface area contributed by atoms with E-state index in [1.165, 1.54) is 0 Å². The Morgan fingerprint density at radius 1 is 1.53 bits per heavy atom. The highest BCUT2D eigenvalue weighted by molar-refractivity contribution is 5.80. The van der Waals surface area contributed by atoms with Crippen molar-refractivity contribution in [1.29, 1.82) is 5.26 Å². The highest BCUT2D eigenvalue weighted by Gasteiger charge is 2.05. The van der Waals surface area contributed by atoms with Crippen LogP contribution in [-0.2, 0) is 4.79 Å². The predicted octanol–water partition coefficient (Wildman–Crippen LogP) is -0.0156. The van der Waals surface area contributed by atoms with Gasteiger partial charge in [0, 0.05) is 12.7 Å². The van der Waals surface area contributed by atoms with Gasteiger partial charge in [-0.3, -0.25) is 10.2 Å². The smallest absolute Gasteiger partial charge is 0.253 e. The van der Waals surface area contributed by atoms with E-state index in [9.17, 15) is 4.79 Å². The van der Waals surface area contributed by atoms with E-state index in [0.717, 1.165) is 5.69 Å². The molecule has 3 N–H and O–H groups in total. The maximum absolute atomic E-state index is 11.0. The van der Waals surface area contributed by atoms with Crippen LogP contribution in [0.4, 0.5) is 5.69 Å². The Hall–Kier alpha value is -2.06. The van der Waals surface area contributed by atoms with Gasteiger partial charge in [0.05, 0.1) is 18.2 Å². The molecule has 0 aromatic heterocycles. The first-order valence-electron chi connectivity index (χ1n) is 4.38. The largest absolute Gasteiger partial charge is 0.365 e. The van der Waals surface area contributed by atoms with E-state index in [-0.39, 0.29) is 12.5 Å². The molecule has 1 aromatic carbocycles. The average molecular weight is 204 g/mol. The summed E-state index contributed by atoms with van der Waals surface area (Å²) in [6.07, 6.45) is 0. The molecule has 0 atom stereocenters. The summed E-state index contributed by atoms with van der Waals surface area (Å²) < 4.78 is 0. The standard InChI is InChI=1S/C10H12N4O/c1-14(7-10(15)13-12)9-4-2-8(6-11)3-5-9/h2-5H,7,12H2,1H3,(H,13,15). The van der Waals surface area contributed by atoms with E-state index in [1.54, 1.807) is 36.2 Å². The van der Waals surface area contributed by atoms with Gasteiger partial charge in [0.15, 0.2) is 0 Å². The molecule has 0 unspecified atom stereocenters. The molecule has 0 heterocycles. The maximum Gasteiger partial charge on any atom is 0.253 e. The number of rotatable bonds is 3. The lowest BCUT2D eigenvalue weighted by Crippen LogP contribution is -2.38. The highest BCUT2D eigenvalue weighted by Crippen LogP contribution is 2.12. The van der Waals surface area contributed by atoms with Crippen molar-refractivity contribution in [3.63, 3.8) is 0 Å². The second-order valence-electron chi connectivity index (χ2n) is 3.08. The van der Waals surface area contributed by atoms with Crippen molar-refractivity contribution in [1.82, 2.24) is 5.43 Å². The minimum absolute atomic E-state index is 0.183. The Kier molecular flexibility index (Phi) is 3.66. The predicted molar refractivity (Wildman–Crippen MR) is 56.8 cm³/mol. The van der Waals surface area contributed by atoms with Crippen LogP contribution in [0.2, 0.25) is 0 Å². The van der Waals surface area contributed by atoms with E-state index in [2.05, 4.69) is 5.43 Å². The number of likely N-dealkylation sites (N-methyl/N-ethyl adjacent to an activating group) is 1. The summed E-state index contributed by atoms with van der Waals surface area (Å²) in [6.45, 7) is 0.183. The molecule has 1 rings (SSSR count). The third kappa shape index (κ3) is 2.97. The fourth-order valence-corrected chi connectivity index (χ4v) is 1.14. The average Bonchev–Trinajstić information content (AvgIpc) is 2.29. The normalized spacial score (nSPS) is 9.13. The number of carbonyl (C=O) groups excluding carboxylic acids is 1. The summed E-state index contributed by atoms with van der Waals surface area (Å²) in [5, 5.41) is 8.61. The van der Waals surface area contributed by atoms with Crippen molar-refractivity contribution in [3.8, 4) is 6.07 Å². The summed E-state index contributed by atoms with van der Waals surface area (Å²) in [5.41, 5.74) is 3.51. The molecule has 0 aliphatic rings. The zero-order valence-electron chi connectivity index (χ0n) is 8.40. The minimum atomic E-state index is -0.262. The quantitative estimate of drug-likeness (QED) is 0.412. The Labute approximate surface area is 88.1 Å². The molecule has 5 heteroatoms. The Bertz CT molecular complexity index is 379. The number of hydrazine groups is 1. The lowest BCUT2D eigenvalue weighted by Gasteiger charge is -2.17. The van der Waals surface area contributed by atoms with E-state index in [4.69, 9.17) is 11.1 Å². The van der Waals surface area contributed by atoms with Gasteiger partial charge in [0.2, 0.25) is 0 Å². The summed E-state index contributed by atoms with van der Waals surface area (Å²) in [6, 6.07) is 8.99. The molecule has 0 bridgehead atoms. The van der Waals surface area contributed by atoms with Crippen LogP contribution in [0, 0.1) is 11.3 Å². The number of anilines is 1. The fraction of sp³-hybridized carbons (Fsp3) is 0.200. The van der Waals surface area contributed by atoms with Crippen molar-refractivity contribution >= 4 is 11.6 Å². The second-order valence-corrected chi connectivity index (χ2v) is 3.08. The molecule has 1 amide bonds. The molecule has 5 nitrogen and oxygen atoms in total. The topological polar surface area (TPSA) is 82.2 Å². The third-order valence-electron chi connectivity index (χ3n) is 1.98. The number of nitrogens with zero attached hydrogens (tertiary/aromatic N) is 2. The number of hydrogen-bond acceptors (Lipinski definition) is 4. The number of nitrogens with one attached hydrogen (secondary N) is 1. The summed E-state index contributed by atoms with van der Waals surface area (Å²) in [7, 11) is 1.77. The fourth-order valence-electron chi connectivity index (χ4n) is 1.14. The van der Waals surface area contributed by atoms with Gasteiger partial charge in [0.1, 0.15) is 0 Å². The van der Waals surface area contributed by atoms with Crippen LogP contribution in [0.1, 0.15) is 5.56 Å². The summed E-state index contributed by atoms with van der Waals surface area (Å²) in [4.78, 5) is 12.7. The summed E-state index contributed by atoms with van der Waals surface area (Å²) in [5.74, 6) is 4.71. The molecule has 0 saturated heterocycles. The van der Waals surface area contributed by atoms with Crippen LogP contribution in [-0.4, -0.2) is 19.5 Å². The van der Waals surface area contributed by atoms with Gasteiger partial charge in [-0.25, -0.2) is 5.84 Å². The molecule has 1 aromatic rings. The molecule has 0 fully saturated rings. The first-order chi connectivity index (χ1) is 7.17. The van der Waals surface area contributed by atoms with Crippen molar-refractivity contribution in [2.24, 2.45) is 5.84 Å². The number of carbonyl (C=O) groups is 1. The van der Waals surface area contributed by atoms with Crippen LogP contribution in [0.25, 0.3) is 0 Å². The maximum atomic E-state index is 11.0. The minimum Gasteiger partial charge on any atom is -0.365 e. The molecule has 0 aliphatic heterocycles. The van der Waals surface area contributed by atoms with Crippen LogP contribution >= 0.6 is 0 Å². The van der Waals surface area contributed by atoms with Gasteiger partial charge in [-0.1, -0.05) is 0 Å². The zero-order valence-corrected chi connectivity index (χ0v) is 8.40. The lowest BCUT2D eigenvalue weighted by atomic mass is 10.2. The van der Waals surface area contributed by atoms with Crippen LogP contribution < -0.4 is 16.2 Å². The number of benzene rings is 1. The number of nitrogens with two attached hydrogens (primary N) is 1. The first-order valence-corrected chi connectivity index (χ1v) is 4.38. The van der Waals surface area contributed by atoms with Gasteiger partial charge in [-0.05, 0) is 24.3 Å². The van der Waals surface area contributed by atoms with Crippen molar-refractivity contribution in [2.45, 2.75) is 0 Å². The number of nitriles is 1. The van der Waals surface area contributed by atoms with Gasteiger partial charge in [0.25, 0.3) is 5.91 Å². The first kappa shape index (κ1) is 11.0. The van der Waals surface area contributed by atoms with Gasteiger partial charge >= 0.3 is 0 Å². The van der Waals surface area contributed by atoms with Crippen LogP contribution in [0.5, 0.6) is 0 Å². The van der Waals surface area contributed by atoms with Crippen molar-refractivity contribution < 1.29 is 4.79 Å². The van der Waals surface area contributed by atoms with E-state index in [1.807, 2.05) is 6.07 Å². The Morgan fingerprint density at radius 3 is 2.60 bits per heavy atom. The Balaban J connectivity index is 2.70. The van der Waals surface area contributed by atoms with E-state index in [0.29, 0.717) is 5.56 Å². The van der Waals surface area contributed by atoms with E-state index >= 15 is 0 Å². The van der Waals surface area contributed by atoms with Gasteiger partial charge < -0.3 is 4.90 Å². The van der Waals surface area contributed by atoms with Crippen molar-refractivity contribution in [3.05, 3.63) is 29.8 Å². The van der Waals surface area contributed by atoms with Gasteiger partial charge in [-0.2, -0.15) is 5.26 Å². The zero-order chi connectivity index (χ0) is 11.3. The highest BCUT2D eigenvalue weighted by atomic mass is 16.2. The van der Waals surface area contributed by atoms with Crippen LogP contribution in [0.15, 0.2) is 24.3 Å². The van der Waals surface area contributed by atoms with E-state index < -0.39 is 0 Å². The second kappa shape index (κ2) is 4.98. The molecule has 0 radical (unpaired) electrons. The van der Waals surface area contributed by atoms with Crippen LogP contribution in [0.3, 0.4) is 0 Å². The van der Waals surface area contributed by atoms with Gasteiger partial charge in [-0.15, -0.1) is 0 Å². The number of hydrogen-bond donors (Lipinski definition) is 2. The number of amides is 1. The molecule has 0 aliphatic carbocycles.